The van der Waals surface area contributed by atoms with E-state index < -0.39 is 0 Å². The molecule has 0 aliphatic rings. The third-order valence-corrected chi connectivity index (χ3v) is 3.87. The molecule has 0 spiro atoms. The van der Waals surface area contributed by atoms with Crippen molar-refractivity contribution in [1.82, 2.24) is 0 Å². The Kier molecular flexibility index (Phi) is 18.5. The highest BCUT2D eigenvalue weighted by Crippen LogP contribution is 2.12. The Morgan fingerprint density at radius 1 is 0.333 bits per heavy atom. The van der Waals surface area contributed by atoms with E-state index in [1.165, 1.54) is 83.5 Å². The maximum absolute atomic E-state index is 2.29. The summed E-state index contributed by atoms with van der Waals surface area (Å²) in [6, 6.07) is 12.0. The molecule has 0 heteroatoms. The fourth-order valence-corrected chi connectivity index (χ4v) is 2.48. The summed E-state index contributed by atoms with van der Waals surface area (Å²) in [7, 11) is 0. The molecule has 0 nitrogen and oxygen atoms in total. The van der Waals surface area contributed by atoms with Crippen LogP contribution < -0.4 is 0 Å². The van der Waals surface area contributed by atoms with Crippen LogP contribution in [0, 0.1) is 0 Å². The Labute approximate surface area is 134 Å². The topological polar surface area (TPSA) is 0 Å². The molecule has 0 heterocycles. The Hall–Kier alpha value is -0.780. The van der Waals surface area contributed by atoms with Gasteiger partial charge in [0.25, 0.3) is 0 Å². The Morgan fingerprint density at radius 3 is 0.714 bits per heavy atom. The molecule has 1 aromatic rings. The maximum atomic E-state index is 2.29. The van der Waals surface area contributed by atoms with E-state index in [2.05, 4.69) is 13.8 Å². The van der Waals surface area contributed by atoms with E-state index >= 15 is 0 Å². The van der Waals surface area contributed by atoms with Gasteiger partial charge in [-0.15, -0.1) is 0 Å². The van der Waals surface area contributed by atoms with Crippen molar-refractivity contribution in [2.75, 3.05) is 0 Å². The van der Waals surface area contributed by atoms with E-state index in [0.29, 0.717) is 0 Å². The first kappa shape index (κ1) is 20.2. The smallest absolute Gasteiger partial charge is 0.0533 e. The van der Waals surface area contributed by atoms with Crippen molar-refractivity contribution in [3.8, 4) is 0 Å². The minimum Gasteiger partial charge on any atom is -0.0654 e. The highest BCUT2D eigenvalue weighted by Gasteiger charge is 1.92. The molecule has 0 fully saturated rings. The van der Waals surface area contributed by atoms with Gasteiger partial charge in [-0.1, -0.05) is 134 Å². The average molecular weight is 291 g/mol. The van der Waals surface area contributed by atoms with Crippen molar-refractivity contribution in [3.05, 3.63) is 36.4 Å². The number of hydrogen-bond donors (Lipinski definition) is 0. The second kappa shape index (κ2) is 19.2. The number of benzene rings is 1. The number of hydrogen-bond acceptors (Lipinski definition) is 0. The fraction of sp³-hybridized carbons (Fsp3) is 0.714. The molecule has 1 aromatic carbocycles. The molecule has 0 atom stereocenters. The maximum Gasteiger partial charge on any atom is -0.0533 e. The van der Waals surface area contributed by atoms with Gasteiger partial charge in [0.15, 0.2) is 0 Å². The van der Waals surface area contributed by atoms with E-state index in [0.717, 1.165) is 0 Å². The summed E-state index contributed by atoms with van der Waals surface area (Å²) in [5, 5.41) is 0. The second-order valence-corrected chi connectivity index (χ2v) is 6.04. The molecule has 0 saturated heterocycles. The van der Waals surface area contributed by atoms with Crippen LogP contribution in [0.15, 0.2) is 36.4 Å². The number of rotatable bonds is 12. The van der Waals surface area contributed by atoms with E-state index in [-0.39, 0.29) is 0 Å². The third kappa shape index (κ3) is 19.2. The van der Waals surface area contributed by atoms with Gasteiger partial charge in [-0.05, 0) is 0 Å². The summed E-state index contributed by atoms with van der Waals surface area (Å²) >= 11 is 0. The van der Waals surface area contributed by atoms with E-state index in [1.54, 1.807) is 0 Å². The largest absolute Gasteiger partial charge is 0.0654 e. The van der Waals surface area contributed by atoms with E-state index in [1.807, 2.05) is 36.4 Å². The average Bonchev–Trinajstić information content (AvgIpc) is 2.55. The van der Waals surface area contributed by atoms with Gasteiger partial charge in [-0.3, -0.25) is 0 Å². The van der Waals surface area contributed by atoms with Gasteiger partial charge in [0.05, 0.1) is 0 Å². The van der Waals surface area contributed by atoms with Crippen LogP contribution in [0.1, 0.15) is 97.3 Å². The molecular formula is C21H38. The Bertz CT molecular complexity index is 213. The zero-order valence-corrected chi connectivity index (χ0v) is 14.7. The SMILES string of the molecule is CCCCCCCCCCCCCCC.c1ccccc1. The summed E-state index contributed by atoms with van der Waals surface area (Å²) in [5.41, 5.74) is 0. The minimum atomic E-state index is 1.37. The normalized spacial score (nSPS) is 10.0. The lowest BCUT2D eigenvalue weighted by Crippen LogP contribution is -1.82. The summed E-state index contributed by atoms with van der Waals surface area (Å²) < 4.78 is 0. The molecule has 0 radical (unpaired) electrons. The van der Waals surface area contributed by atoms with Crippen LogP contribution >= 0.6 is 0 Å². The van der Waals surface area contributed by atoms with E-state index in [4.69, 9.17) is 0 Å². The zero-order valence-electron chi connectivity index (χ0n) is 14.7. The number of unbranched alkanes of at least 4 members (excludes halogenated alkanes) is 12. The molecule has 0 bridgehead atoms. The molecule has 21 heavy (non-hydrogen) atoms. The molecule has 0 unspecified atom stereocenters. The minimum absolute atomic E-state index is 1.37. The van der Waals surface area contributed by atoms with Gasteiger partial charge >= 0.3 is 0 Å². The first-order chi connectivity index (χ1) is 10.4. The first-order valence-corrected chi connectivity index (χ1v) is 9.41. The molecule has 122 valence electrons. The van der Waals surface area contributed by atoms with Crippen LogP contribution in [-0.2, 0) is 0 Å². The van der Waals surface area contributed by atoms with Gasteiger partial charge in [-0.25, -0.2) is 0 Å². The lowest BCUT2D eigenvalue weighted by Gasteiger charge is -2.01. The van der Waals surface area contributed by atoms with Crippen LogP contribution in [0.5, 0.6) is 0 Å². The van der Waals surface area contributed by atoms with Crippen molar-refractivity contribution in [3.63, 3.8) is 0 Å². The Morgan fingerprint density at radius 2 is 0.524 bits per heavy atom. The molecule has 0 aromatic heterocycles. The molecule has 0 aliphatic heterocycles. The van der Waals surface area contributed by atoms with E-state index in [9.17, 15) is 0 Å². The van der Waals surface area contributed by atoms with Gasteiger partial charge in [0.2, 0.25) is 0 Å². The van der Waals surface area contributed by atoms with Crippen LogP contribution in [0.3, 0.4) is 0 Å². The quantitative estimate of drug-likeness (QED) is 0.345. The predicted octanol–water partition coefficient (Wildman–Crippen LogP) is 7.78. The summed E-state index contributed by atoms with van der Waals surface area (Å²) in [5.74, 6) is 0. The summed E-state index contributed by atoms with van der Waals surface area (Å²) in [6.07, 6.45) is 18.9. The first-order valence-electron chi connectivity index (χ1n) is 9.41. The third-order valence-electron chi connectivity index (χ3n) is 3.87. The predicted molar refractivity (Wildman–Crippen MR) is 97.8 cm³/mol. The van der Waals surface area contributed by atoms with Gasteiger partial charge in [0.1, 0.15) is 0 Å². The van der Waals surface area contributed by atoms with Gasteiger partial charge in [-0.2, -0.15) is 0 Å². The molecule has 1 rings (SSSR count). The fourth-order valence-electron chi connectivity index (χ4n) is 2.48. The highest BCUT2D eigenvalue weighted by atomic mass is 14.0. The van der Waals surface area contributed by atoms with Gasteiger partial charge in [0, 0.05) is 0 Å². The zero-order chi connectivity index (χ0) is 15.4. The van der Waals surface area contributed by atoms with Crippen molar-refractivity contribution < 1.29 is 0 Å². The van der Waals surface area contributed by atoms with Crippen molar-refractivity contribution in [2.24, 2.45) is 0 Å². The van der Waals surface area contributed by atoms with Crippen LogP contribution in [0.2, 0.25) is 0 Å². The van der Waals surface area contributed by atoms with Crippen LogP contribution in [0.4, 0.5) is 0 Å². The van der Waals surface area contributed by atoms with Crippen molar-refractivity contribution >= 4 is 0 Å². The highest BCUT2D eigenvalue weighted by molar-refractivity contribution is 4.99. The van der Waals surface area contributed by atoms with Crippen molar-refractivity contribution in [1.29, 1.82) is 0 Å². The molecule has 0 amide bonds. The van der Waals surface area contributed by atoms with Gasteiger partial charge < -0.3 is 0 Å². The molecule has 0 N–H and O–H groups in total. The lowest BCUT2D eigenvalue weighted by atomic mass is 10.1. The van der Waals surface area contributed by atoms with Crippen molar-refractivity contribution in [2.45, 2.75) is 97.3 Å². The van der Waals surface area contributed by atoms with Crippen LogP contribution in [-0.4, -0.2) is 0 Å². The molecule has 0 saturated carbocycles. The summed E-state index contributed by atoms with van der Waals surface area (Å²) in [6.45, 7) is 4.58. The van der Waals surface area contributed by atoms with Crippen LogP contribution in [0.25, 0.3) is 0 Å². The second-order valence-electron chi connectivity index (χ2n) is 6.04. The lowest BCUT2D eigenvalue weighted by molar-refractivity contribution is 0.542. The Balaban J connectivity index is 0.000000547. The standard InChI is InChI=1S/C15H32.C6H6/c1-3-5-7-9-11-13-15-14-12-10-8-6-4-2;1-2-4-6-5-3-1/h3-15H2,1-2H3;1-6H. The monoisotopic (exact) mass is 290 g/mol. The molecular weight excluding hydrogens is 252 g/mol. The molecule has 0 aliphatic carbocycles. The summed E-state index contributed by atoms with van der Waals surface area (Å²) in [4.78, 5) is 0.